The van der Waals surface area contributed by atoms with Gasteiger partial charge in [0.1, 0.15) is 11.8 Å². The summed E-state index contributed by atoms with van der Waals surface area (Å²) in [5, 5.41) is 8.64. The highest BCUT2D eigenvalue weighted by Gasteiger charge is 2.35. The Balaban J connectivity index is 2.03. The summed E-state index contributed by atoms with van der Waals surface area (Å²) in [6.45, 7) is 9.00. The molecule has 8 heteroatoms. The van der Waals surface area contributed by atoms with Crippen LogP contribution in [-0.4, -0.2) is 39.7 Å². The number of thioether (sulfide) groups is 1. The Morgan fingerprint density at radius 3 is 2.83 bits per heavy atom. The molecule has 1 aliphatic rings. The third-order valence-corrected chi connectivity index (χ3v) is 5.75. The highest BCUT2D eigenvalue weighted by atomic mass is 32.2. The lowest BCUT2D eigenvalue weighted by Gasteiger charge is -2.28. The number of nitrogens with zero attached hydrogens (tertiary/aromatic N) is 3. The number of allylic oxidation sites excluding steroid dienone is 1. The summed E-state index contributed by atoms with van der Waals surface area (Å²) in [5.74, 6) is 1.99. The van der Waals surface area contributed by atoms with Gasteiger partial charge in [-0.1, -0.05) is 44.2 Å². The first-order chi connectivity index (χ1) is 14.6. The van der Waals surface area contributed by atoms with Crippen molar-refractivity contribution < 1.29 is 14.3 Å². The van der Waals surface area contributed by atoms with Gasteiger partial charge in [-0.15, -0.1) is 5.10 Å². The molecule has 2 aromatic rings. The summed E-state index contributed by atoms with van der Waals surface area (Å²) in [6, 6.07) is 7.35. The van der Waals surface area contributed by atoms with E-state index >= 15 is 0 Å². The number of benzene rings is 1. The summed E-state index contributed by atoms with van der Waals surface area (Å²) in [5.41, 5.74) is 2.18. The van der Waals surface area contributed by atoms with E-state index in [1.165, 1.54) is 0 Å². The fourth-order valence-electron chi connectivity index (χ4n) is 3.29. The minimum atomic E-state index is -0.431. The lowest BCUT2D eigenvalue weighted by atomic mass is 9.95. The van der Waals surface area contributed by atoms with Gasteiger partial charge in [0.2, 0.25) is 11.1 Å². The van der Waals surface area contributed by atoms with E-state index in [2.05, 4.69) is 24.1 Å². The number of nitrogens with one attached hydrogen (secondary N) is 1. The number of aromatic nitrogens is 3. The van der Waals surface area contributed by atoms with Gasteiger partial charge in [-0.25, -0.2) is 9.48 Å². The zero-order valence-corrected chi connectivity index (χ0v) is 18.9. The van der Waals surface area contributed by atoms with Crippen LogP contribution in [0.1, 0.15) is 58.6 Å². The van der Waals surface area contributed by atoms with Crippen LogP contribution >= 0.6 is 11.8 Å². The fraction of sp³-hybridized carbons (Fsp3) is 0.500. The molecule has 0 bridgehead atoms. The number of unbranched alkanes of at least 4 members (excludes halogenated alkanes) is 1. The normalized spacial score (nSPS) is 15.5. The van der Waals surface area contributed by atoms with Crippen molar-refractivity contribution in [3.05, 3.63) is 41.1 Å². The van der Waals surface area contributed by atoms with Crippen LogP contribution < -0.4 is 10.1 Å². The standard InChI is InChI=1S/C22H30N4O3S/c1-5-8-12-29-20(27)18-15(4)23-21-24-22(30-13-6-2)25-26(21)19(18)16-10-9-11-17(14-16)28-7-3/h9-11,14,19H,5-8,12-13H2,1-4H3,(H,23,24,25). The number of ether oxygens (including phenoxy) is 2. The number of hydrogen-bond donors (Lipinski definition) is 1. The number of anilines is 1. The molecular formula is C22H30N4O3S. The summed E-state index contributed by atoms with van der Waals surface area (Å²) in [7, 11) is 0. The van der Waals surface area contributed by atoms with Crippen LogP contribution in [0.3, 0.4) is 0 Å². The molecule has 0 saturated heterocycles. The third-order valence-electron chi connectivity index (χ3n) is 4.70. The molecule has 7 nitrogen and oxygen atoms in total. The van der Waals surface area contributed by atoms with Gasteiger partial charge >= 0.3 is 5.97 Å². The minimum absolute atomic E-state index is 0.329. The number of fused-ring (bicyclic) bond motifs is 1. The van der Waals surface area contributed by atoms with Crippen molar-refractivity contribution in [1.29, 1.82) is 0 Å². The number of esters is 1. The Hall–Kier alpha value is -2.48. The van der Waals surface area contributed by atoms with E-state index in [1.54, 1.807) is 16.4 Å². The maximum atomic E-state index is 13.0. The molecule has 0 spiro atoms. The van der Waals surface area contributed by atoms with Crippen molar-refractivity contribution in [2.45, 2.75) is 58.2 Å². The molecule has 1 atom stereocenters. The van der Waals surface area contributed by atoms with Gasteiger partial charge in [0.05, 0.1) is 18.8 Å². The van der Waals surface area contributed by atoms with Gasteiger partial charge in [0.15, 0.2) is 0 Å². The number of carbonyl (C=O) groups excluding carboxylic acids is 1. The van der Waals surface area contributed by atoms with Crippen LogP contribution in [0, 0.1) is 0 Å². The average Bonchev–Trinajstić information content (AvgIpc) is 3.14. The van der Waals surface area contributed by atoms with Gasteiger partial charge < -0.3 is 14.8 Å². The zero-order chi connectivity index (χ0) is 21.5. The first-order valence-corrected chi connectivity index (χ1v) is 11.5. The van der Waals surface area contributed by atoms with Crippen molar-refractivity contribution in [2.75, 3.05) is 24.3 Å². The monoisotopic (exact) mass is 430 g/mol. The first-order valence-electron chi connectivity index (χ1n) is 10.6. The van der Waals surface area contributed by atoms with E-state index in [9.17, 15) is 4.79 Å². The van der Waals surface area contributed by atoms with E-state index < -0.39 is 6.04 Å². The Bertz CT molecular complexity index is 910. The predicted molar refractivity (Wildman–Crippen MR) is 119 cm³/mol. The summed E-state index contributed by atoms with van der Waals surface area (Å²) >= 11 is 1.61. The molecule has 0 fully saturated rings. The van der Waals surface area contributed by atoms with Gasteiger partial charge in [0, 0.05) is 11.4 Å². The molecule has 2 heterocycles. The van der Waals surface area contributed by atoms with Crippen molar-refractivity contribution in [1.82, 2.24) is 14.8 Å². The second kappa shape index (κ2) is 10.5. The highest BCUT2D eigenvalue weighted by Crippen LogP contribution is 2.37. The Kier molecular flexibility index (Phi) is 7.79. The molecule has 162 valence electrons. The topological polar surface area (TPSA) is 78.3 Å². The van der Waals surface area contributed by atoms with Crippen LogP contribution in [0.25, 0.3) is 0 Å². The van der Waals surface area contributed by atoms with Crippen LogP contribution in [-0.2, 0) is 9.53 Å². The number of hydrogen-bond acceptors (Lipinski definition) is 7. The largest absolute Gasteiger partial charge is 0.494 e. The Morgan fingerprint density at radius 2 is 2.10 bits per heavy atom. The van der Waals surface area contributed by atoms with E-state index in [-0.39, 0.29) is 5.97 Å². The molecule has 1 aliphatic heterocycles. The predicted octanol–water partition coefficient (Wildman–Crippen LogP) is 4.81. The maximum absolute atomic E-state index is 13.0. The van der Waals surface area contributed by atoms with Gasteiger partial charge in [-0.2, -0.15) is 4.98 Å². The fourth-order valence-corrected chi connectivity index (χ4v) is 3.97. The maximum Gasteiger partial charge on any atom is 0.338 e. The lowest BCUT2D eigenvalue weighted by Crippen LogP contribution is -2.29. The second-order valence-electron chi connectivity index (χ2n) is 7.07. The van der Waals surface area contributed by atoms with E-state index in [4.69, 9.17) is 14.6 Å². The molecule has 1 N–H and O–H groups in total. The smallest absolute Gasteiger partial charge is 0.338 e. The molecule has 0 amide bonds. The van der Waals surface area contributed by atoms with Crippen LogP contribution in [0.4, 0.5) is 5.95 Å². The van der Waals surface area contributed by atoms with Crippen molar-refractivity contribution in [2.24, 2.45) is 0 Å². The quantitative estimate of drug-likeness (QED) is 0.329. The zero-order valence-electron chi connectivity index (χ0n) is 18.1. The number of carbonyl (C=O) groups is 1. The van der Waals surface area contributed by atoms with Crippen molar-refractivity contribution in [3.63, 3.8) is 0 Å². The van der Waals surface area contributed by atoms with Crippen LogP contribution in [0.5, 0.6) is 5.75 Å². The first kappa shape index (κ1) is 22.2. The molecular weight excluding hydrogens is 400 g/mol. The Labute approximate surface area is 182 Å². The summed E-state index contributed by atoms with van der Waals surface area (Å²) in [6.07, 6.45) is 2.84. The minimum Gasteiger partial charge on any atom is -0.494 e. The third kappa shape index (κ3) is 4.98. The molecule has 0 saturated carbocycles. The lowest BCUT2D eigenvalue weighted by molar-refractivity contribution is -0.139. The van der Waals surface area contributed by atoms with Crippen molar-refractivity contribution in [3.8, 4) is 5.75 Å². The molecule has 0 aliphatic carbocycles. The van der Waals surface area contributed by atoms with Crippen LogP contribution in [0.2, 0.25) is 0 Å². The van der Waals surface area contributed by atoms with E-state index in [0.717, 1.165) is 42.0 Å². The van der Waals surface area contributed by atoms with Gasteiger partial charge in [0.25, 0.3) is 0 Å². The molecule has 1 aromatic carbocycles. The van der Waals surface area contributed by atoms with Gasteiger partial charge in [-0.05, 0) is 44.4 Å². The SMILES string of the molecule is CCCCOC(=O)C1=C(C)Nc2nc(SCCC)nn2C1c1cccc(OCC)c1. The summed E-state index contributed by atoms with van der Waals surface area (Å²) < 4.78 is 13.0. The van der Waals surface area contributed by atoms with Gasteiger partial charge in [-0.3, -0.25) is 0 Å². The van der Waals surface area contributed by atoms with Crippen LogP contribution in [0.15, 0.2) is 40.7 Å². The molecule has 3 rings (SSSR count). The molecule has 0 radical (unpaired) electrons. The van der Waals surface area contributed by atoms with E-state index in [1.807, 2.05) is 38.1 Å². The average molecular weight is 431 g/mol. The molecule has 1 aromatic heterocycles. The number of rotatable bonds is 10. The molecule has 30 heavy (non-hydrogen) atoms. The summed E-state index contributed by atoms with van der Waals surface area (Å²) in [4.78, 5) is 17.7. The Morgan fingerprint density at radius 1 is 1.27 bits per heavy atom. The van der Waals surface area contributed by atoms with E-state index in [0.29, 0.717) is 29.9 Å². The molecule has 1 unspecified atom stereocenters. The van der Waals surface area contributed by atoms with Crippen molar-refractivity contribution >= 4 is 23.7 Å². The highest BCUT2D eigenvalue weighted by molar-refractivity contribution is 7.99. The second-order valence-corrected chi connectivity index (χ2v) is 8.13.